The largest absolute Gasteiger partial charge is 0.462 e. The van der Waals surface area contributed by atoms with Gasteiger partial charge in [0.1, 0.15) is 0 Å². The Labute approximate surface area is 109 Å². The van der Waals surface area contributed by atoms with Crippen LogP contribution in [0.25, 0.3) is 0 Å². The maximum absolute atomic E-state index is 11.8. The van der Waals surface area contributed by atoms with Gasteiger partial charge >= 0.3 is 5.97 Å². The standard InChI is InChI=1S/C14H22N2O2/c1-4-18-14(17)12-9-11(15)5-6-13(12)16-8-7-10(2)3/h5-6,9-10,16H,4,7-8,15H2,1-3H3. The van der Waals surface area contributed by atoms with Gasteiger partial charge in [0.15, 0.2) is 0 Å². The fraction of sp³-hybridized carbons (Fsp3) is 0.500. The molecule has 3 N–H and O–H groups in total. The van der Waals surface area contributed by atoms with E-state index in [0.717, 1.165) is 18.7 Å². The molecule has 0 heterocycles. The molecule has 0 aliphatic carbocycles. The van der Waals surface area contributed by atoms with Crippen LogP contribution in [-0.4, -0.2) is 19.1 Å². The molecule has 0 aromatic heterocycles. The second kappa shape index (κ2) is 6.89. The van der Waals surface area contributed by atoms with Gasteiger partial charge in [0.25, 0.3) is 0 Å². The Morgan fingerprint density at radius 2 is 2.17 bits per heavy atom. The predicted molar refractivity (Wildman–Crippen MR) is 74.8 cm³/mol. The number of hydrogen-bond donors (Lipinski definition) is 2. The first-order valence-electron chi connectivity index (χ1n) is 6.35. The highest BCUT2D eigenvalue weighted by molar-refractivity contribution is 5.96. The van der Waals surface area contributed by atoms with Gasteiger partial charge in [-0.15, -0.1) is 0 Å². The molecule has 0 spiro atoms. The minimum absolute atomic E-state index is 0.336. The molecule has 1 rings (SSSR count). The van der Waals surface area contributed by atoms with E-state index in [1.165, 1.54) is 0 Å². The van der Waals surface area contributed by atoms with Crippen molar-refractivity contribution in [2.24, 2.45) is 5.92 Å². The van der Waals surface area contributed by atoms with Gasteiger partial charge in [0, 0.05) is 17.9 Å². The van der Waals surface area contributed by atoms with Crippen LogP contribution in [-0.2, 0) is 4.74 Å². The van der Waals surface area contributed by atoms with Gasteiger partial charge in [0.2, 0.25) is 0 Å². The van der Waals surface area contributed by atoms with Crippen LogP contribution in [0.15, 0.2) is 18.2 Å². The van der Waals surface area contributed by atoms with E-state index in [4.69, 9.17) is 10.5 Å². The molecule has 1 aromatic rings. The molecule has 0 amide bonds. The van der Waals surface area contributed by atoms with Crippen molar-refractivity contribution in [3.8, 4) is 0 Å². The molecule has 0 aliphatic heterocycles. The molecule has 0 saturated heterocycles. The Kier molecular flexibility index (Phi) is 5.49. The van der Waals surface area contributed by atoms with Crippen LogP contribution in [0.4, 0.5) is 11.4 Å². The topological polar surface area (TPSA) is 64.3 Å². The van der Waals surface area contributed by atoms with Gasteiger partial charge in [-0.05, 0) is 37.5 Å². The van der Waals surface area contributed by atoms with Gasteiger partial charge in [0.05, 0.1) is 12.2 Å². The Bertz CT molecular complexity index is 403. The first-order chi connectivity index (χ1) is 8.54. The highest BCUT2D eigenvalue weighted by atomic mass is 16.5. The zero-order chi connectivity index (χ0) is 13.5. The second-order valence-electron chi connectivity index (χ2n) is 4.63. The normalized spacial score (nSPS) is 10.4. The molecular weight excluding hydrogens is 228 g/mol. The minimum Gasteiger partial charge on any atom is -0.462 e. The number of hydrogen-bond acceptors (Lipinski definition) is 4. The molecule has 4 heteroatoms. The van der Waals surface area contributed by atoms with E-state index >= 15 is 0 Å². The summed E-state index contributed by atoms with van der Waals surface area (Å²) in [5.74, 6) is 0.286. The lowest BCUT2D eigenvalue weighted by molar-refractivity contribution is 0.0527. The number of carbonyl (C=O) groups is 1. The van der Waals surface area contributed by atoms with E-state index in [-0.39, 0.29) is 5.97 Å². The minimum atomic E-state index is -0.336. The highest BCUT2D eigenvalue weighted by Crippen LogP contribution is 2.20. The number of esters is 1. The molecule has 0 aliphatic rings. The maximum Gasteiger partial charge on any atom is 0.340 e. The number of benzene rings is 1. The second-order valence-corrected chi connectivity index (χ2v) is 4.63. The fourth-order valence-electron chi connectivity index (χ4n) is 1.59. The lowest BCUT2D eigenvalue weighted by atomic mass is 10.1. The van der Waals surface area contributed by atoms with Crippen LogP contribution in [0, 0.1) is 5.92 Å². The average molecular weight is 250 g/mol. The highest BCUT2D eigenvalue weighted by Gasteiger charge is 2.12. The Morgan fingerprint density at radius 1 is 1.44 bits per heavy atom. The SMILES string of the molecule is CCOC(=O)c1cc(N)ccc1NCCC(C)C. The van der Waals surface area contributed by atoms with Crippen molar-refractivity contribution in [2.75, 3.05) is 24.2 Å². The first-order valence-corrected chi connectivity index (χ1v) is 6.35. The average Bonchev–Trinajstić information content (AvgIpc) is 2.31. The zero-order valence-electron chi connectivity index (χ0n) is 11.3. The maximum atomic E-state index is 11.8. The zero-order valence-corrected chi connectivity index (χ0v) is 11.3. The Morgan fingerprint density at radius 3 is 2.78 bits per heavy atom. The third kappa shape index (κ3) is 4.28. The third-order valence-electron chi connectivity index (χ3n) is 2.58. The van der Waals surface area contributed by atoms with Crippen molar-refractivity contribution in [3.05, 3.63) is 23.8 Å². The van der Waals surface area contributed by atoms with Crippen LogP contribution >= 0.6 is 0 Å². The number of rotatable bonds is 6. The van der Waals surface area contributed by atoms with Gasteiger partial charge in [-0.25, -0.2) is 4.79 Å². The number of nitrogens with one attached hydrogen (secondary N) is 1. The van der Waals surface area contributed by atoms with E-state index in [1.54, 1.807) is 19.1 Å². The van der Waals surface area contributed by atoms with Crippen molar-refractivity contribution in [1.82, 2.24) is 0 Å². The van der Waals surface area contributed by atoms with Gasteiger partial charge < -0.3 is 15.8 Å². The monoisotopic (exact) mass is 250 g/mol. The number of nitrogen functional groups attached to an aromatic ring is 1. The number of nitrogens with two attached hydrogens (primary N) is 1. The molecule has 100 valence electrons. The molecule has 1 aromatic carbocycles. The van der Waals surface area contributed by atoms with Crippen LogP contribution in [0.1, 0.15) is 37.6 Å². The predicted octanol–water partition coefficient (Wildman–Crippen LogP) is 2.90. The van der Waals surface area contributed by atoms with Crippen LogP contribution in [0.5, 0.6) is 0 Å². The first kappa shape index (κ1) is 14.4. The van der Waals surface area contributed by atoms with E-state index < -0.39 is 0 Å². The molecule has 0 atom stereocenters. The molecule has 18 heavy (non-hydrogen) atoms. The van der Waals surface area contributed by atoms with Gasteiger partial charge in [-0.3, -0.25) is 0 Å². The summed E-state index contributed by atoms with van der Waals surface area (Å²) in [6.07, 6.45) is 1.05. The van der Waals surface area contributed by atoms with Crippen molar-refractivity contribution >= 4 is 17.3 Å². The Balaban J connectivity index is 2.79. The Hall–Kier alpha value is -1.71. The van der Waals surface area contributed by atoms with Crippen LogP contribution < -0.4 is 11.1 Å². The van der Waals surface area contributed by atoms with Crippen LogP contribution in [0.3, 0.4) is 0 Å². The summed E-state index contributed by atoms with van der Waals surface area (Å²) in [7, 11) is 0. The van der Waals surface area contributed by atoms with E-state index in [0.29, 0.717) is 23.8 Å². The lowest BCUT2D eigenvalue weighted by Gasteiger charge is -2.13. The smallest absolute Gasteiger partial charge is 0.340 e. The molecular formula is C14H22N2O2. The summed E-state index contributed by atoms with van der Waals surface area (Å²) in [5.41, 5.74) is 7.55. The third-order valence-corrected chi connectivity index (χ3v) is 2.58. The van der Waals surface area contributed by atoms with E-state index in [1.807, 2.05) is 6.07 Å². The molecule has 0 unspecified atom stereocenters. The van der Waals surface area contributed by atoms with E-state index in [9.17, 15) is 4.79 Å². The van der Waals surface area contributed by atoms with Crippen molar-refractivity contribution in [2.45, 2.75) is 27.2 Å². The van der Waals surface area contributed by atoms with Gasteiger partial charge in [-0.1, -0.05) is 13.8 Å². The quantitative estimate of drug-likeness (QED) is 0.602. The molecule has 0 saturated carbocycles. The summed E-state index contributed by atoms with van der Waals surface area (Å²) in [6, 6.07) is 5.25. The van der Waals surface area contributed by atoms with E-state index in [2.05, 4.69) is 19.2 Å². The van der Waals surface area contributed by atoms with Crippen molar-refractivity contribution in [3.63, 3.8) is 0 Å². The van der Waals surface area contributed by atoms with Gasteiger partial charge in [-0.2, -0.15) is 0 Å². The summed E-state index contributed by atoms with van der Waals surface area (Å²) >= 11 is 0. The number of anilines is 2. The summed E-state index contributed by atoms with van der Waals surface area (Å²) < 4.78 is 5.02. The van der Waals surface area contributed by atoms with Crippen molar-refractivity contribution in [1.29, 1.82) is 0 Å². The summed E-state index contributed by atoms with van der Waals surface area (Å²) in [5, 5.41) is 3.25. The number of ether oxygens (including phenoxy) is 1. The molecule has 0 bridgehead atoms. The molecule has 0 fully saturated rings. The van der Waals surface area contributed by atoms with Crippen molar-refractivity contribution < 1.29 is 9.53 Å². The fourth-order valence-corrected chi connectivity index (χ4v) is 1.59. The van der Waals surface area contributed by atoms with Crippen LogP contribution in [0.2, 0.25) is 0 Å². The molecule has 4 nitrogen and oxygen atoms in total. The lowest BCUT2D eigenvalue weighted by Crippen LogP contribution is -2.12. The summed E-state index contributed by atoms with van der Waals surface area (Å²) in [6.45, 7) is 7.30. The molecule has 0 radical (unpaired) electrons. The number of carbonyl (C=O) groups excluding carboxylic acids is 1. The summed E-state index contributed by atoms with van der Waals surface area (Å²) in [4.78, 5) is 11.8.